The Kier molecular flexibility index (Phi) is 5.40. The Bertz CT molecular complexity index is 540. The number of esters is 1. The first-order valence-corrected chi connectivity index (χ1v) is 5.63. The van der Waals surface area contributed by atoms with Gasteiger partial charge in [0.05, 0.1) is 0 Å². The molecule has 3 amide bonds. The van der Waals surface area contributed by atoms with E-state index in [0.29, 0.717) is 5.56 Å². The van der Waals surface area contributed by atoms with E-state index in [-0.39, 0.29) is 5.82 Å². The quantitative estimate of drug-likeness (QED) is 0.634. The van der Waals surface area contributed by atoms with E-state index in [0.717, 1.165) is 6.08 Å². The molecule has 0 aliphatic carbocycles. The number of hydrogen-bond acceptors (Lipinski definition) is 4. The van der Waals surface area contributed by atoms with E-state index in [1.54, 1.807) is 5.32 Å². The normalized spacial score (nSPS) is 11.9. The van der Waals surface area contributed by atoms with Gasteiger partial charge in [0.2, 0.25) is 0 Å². The number of urea groups is 1. The molecule has 1 rings (SSSR count). The van der Waals surface area contributed by atoms with Crippen LogP contribution >= 0.6 is 0 Å². The number of ether oxygens (including phenoxy) is 1. The minimum Gasteiger partial charge on any atom is -0.449 e. The van der Waals surface area contributed by atoms with Crippen molar-refractivity contribution in [2.24, 2.45) is 5.73 Å². The maximum absolute atomic E-state index is 12.7. The van der Waals surface area contributed by atoms with Crippen molar-refractivity contribution in [1.82, 2.24) is 5.32 Å². The molecule has 0 aliphatic heterocycles. The number of imide groups is 1. The highest BCUT2D eigenvalue weighted by Gasteiger charge is 2.17. The number of benzene rings is 1. The van der Waals surface area contributed by atoms with Gasteiger partial charge in [-0.25, -0.2) is 14.0 Å². The SMILES string of the molecule is C[C@H](OC(=O)/C=C/c1ccc(F)cc1)C(=O)NC(N)=O. The van der Waals surface area contributed by atoms with Crippen molar-refractivity contribution in [3.8, 4) is 0 Å². The Morgan fingerprint density at radius 3 is 2.45 bits per heavy atom. The molecule has 0 aromatic heterocycles. The van der Waals surface area contributed by atoms with Gasteiger partial charge in [-0.3, -0.25) is 10.1 Å². The summed E-state index contributed by atoms with van der Waals surface area (Å²) in [7, 11) is 0. The summed E-state index contributed by atoms with van der Waals surface area (Å²) in [6, 6.07) is 4.41. The van der Waals surface area contributed by atoms with Crippen LogP contribution in [-0.2, 0) is 14.3 Å². The van der Waals surface area contributed by atoms with Gasteiger partial charge in [0.1, 0.15) is 5.82 Å². The van der Waals surface area contributed by atoms with Crippen molar-refractivity contribution < 1.29 is 23.5 Å². The maximum atomic E-state index is 12.7. The number of halogens is 1. The van der Waals surface area contributed by atoms with Crippen LogP contribution < -0.4 is 11.1 Å². The van der Waals surface area contributed by atoms with Crippen LogP contribution in [0.15, 0.2) is 30.3 Å². The zero-order chi connectivity index (χ0) is 15.1. The number of rotatable bonds is 4. The number of hydrogen-bond donors (Lipinski definition) is 2. The molecule has 0 unspecified atom stereocenters. The summed E-state index contributed by atoms with van der Waals surface area (Å²) in [5.74, 6) is -1.98. The predicted octanol–water partition coefficient (Wildman–Crippen LogP) is 0.966. The Labute approximate surface area is 114 Å². The molecule has 0 heterocycles. The molecular formula is C13H13FN2O4. The Hall–Kier alpha value is -2.70. The molecule has 0 saturated heterocycles. The summed E-state index contributed by atoms with van der Waals surface area (Å²) in [4.78, 5) is 33.1. The highest BCUT2D eigenvalue weighted by Crippen LogP contribution is 2.05. The van der Waals surface area contributed by atoms with Crippen LogP contribution in [0.5, 0.6) is 0 Å². The van der Waals surface area contributed by atoms with E-state index < -0.39 is 24.0 Å². The monoisotopic (exact) mass is 280 g/mol. The van der Waals surface area contributed by atoms with Crippen LogP contribution in [0.4, 0.5) is 9.18 Å². The van der Waals surface area contributed by atoms with Crippen molar-refractivity contribution >= 4 is 24.0 Å². The Morgan fingerprint density at radius 2 is 1.90 bits per heavy atom. The number of amides is 3. The lowest BCUT2D eigenvalue weighted by molar-refractivity contribution is -0.149. The fraction of sp³-hybridized carbons (Fsp3) is 0.154. The molecule has 106 valence electrons. The van der Waals surface area contributed by atoms with Crippen LogP contribution in [0, 0.1) is 5.82 Å². The van der Waals surface area contributed by atoms with Crippen LogP contribution in [0.2, 0.25) is 0 Å². The van der Waals surface area contributed by atoms with Crippen molar-refractivity contribution in [2.75, 3.05) is 0 Å². The summed E-state index contributed by atoms with van der Waals surface area (Å²) in [5.41, 5.74) is 5.35. The largest absolute Gasteiger partial charge is 0.449 e. The topological polar surface area (TPSA) is 98.5 Å². The molecule has 0 spiro atoms. The molecule has 6 nitrogen and oxygen atoms in total. The van der Waals surface area contributed by atoms with Gasteiger partial charge >= 0.3 is 12.0 Å². The molecule has 0 aliphatic rings. The average molecular weight is 280 g/mol. The van der Waals surface area contributed by atoms with Gasteiger partial charge in [-0.05, 0) is 30.7 Å². The number of carbonyl (C=O) groups excluding carboxylic acids is 3. The molecule has 7 heteroatoms. The predicted molar refractivity (Wildman–Crippen MR) is 68.7 cm³/mol. The third-order valence-corrected chi connectivity index (χ3v) is 2.19. The summed E-state index contributed by atoms with van der Waals surface area (Å²) < 4.78 is 17.4. The molecule has 0 bridgehead atoms. The smallest absolute Gasteiger partial charge is 0.331 e. The maximum Gasteiger partial charge on any atom is 0.331 e. The van der Waals surface area contributed by atoms with E-state index in [4.69, 9.17) is 10.5 Å². The second kappa shape index (κ2) is 7.03. The molecule has 1 aromatic carbocycles. The van der Waals surface area contributed by atoms with E-state index in [1.165, 1.54) is 37.3 Å². The van der Waals surface area contributed by atoms with Crippen molar-refractivity contribution in [3.63, 3.8) is 0 Å². The number of nitrogens with one attached hydrogen (secondary N) is 1. The Morgan fingerprint density at radius 1 is 1.30 bits per heavy atom. The van der Waals surface area contributed by atoms with E-state index in [9.17, 15) is 18.8 Å². The summed E-state index contributed by atoms with van der Waals surface area (Å²) in [5, 5.41) is 1.78. The van der Waals surface area contributed by atoms with Gasteiger partial charge in [0, 0.05) is 6.08 Å². The van der Waals surface area contributed by atoms with Crippen LogP contribution in [0.3, 0.4) is 0 Å². The number of primary amides is 1. The molecule has 1 aromatic rings. The highest BCUT2D eigenvalue weighted by atomic mass is 19.1. The lowest BCUT2D eigenvalue weighted by atomic mass is 10.2. The molecule has 3 N–H and O–H groups in total. The van der Waals surface area contributed by atoms with Crippen LogP contribution in [0.25, 0.3) is 6.08 Å². The van der Waals surface area contributed by atoms with Gasteiger partial charge < -0.3 is 10.5 Å². The van der Waals surface area contributed by atoms with E-state index in [1.807, 2.05) is 0 Å². The first-order chi connectivity index (χ1) is 9.38. The van der Waals surface area contributed by atoms with Crippen molar-refractivity contribution in [3.05, 3.63) is 41.7 Å². The van der Waals surface area contributed by atoms with Crippen molar-refractivity contribution in [2.45, 2.75) is 13.0 Å². The van der Waals surface area contributed by atoms with Gasteiger partial charge in [0.15, 0.2) is 6.10 Å². The number of nitrogens with two attached hydrogens (primary N) is 1. The van der Waals surface area contributed by atoms with E-state index >= 15 is 0 Å². The summed E-state index contributed by atoms with van der Waals surface area (Å²) in [6.45, 7) is 1.29. The van der Waals surface area contributed by atoms with Gasteiger partial charge in [-0.2, -0.15) is 0 Å². The third-order valence-electron chi connectivity index (χ3n) is 2.19. The fourth-order valence-corrected chi connectivity index (χ4v) is 1.23. The van der Waals surface area contributed by atoms with Crippen LogP contribution in [-0.4, -0.2) is 24.0 Å². The van der Waals surface area contributed by atoms with Crippen LogP contribution in [0.1, 0.15) is 12.5 Å². The second-order valence-corrected chi connectivity index (χ2v) is 3.82. The highest BCUT2D eigenvalue weighted by molar-refractivity contribution is 5.97. The van der Waals surface area contributed by atoms with E-state index in [2.05, 4.69) is 0 Å². The van der Waals surface area contributed by atoms with Gasteiger partial charge in [-0.15, -0.1) is 0 Å². The van der Waals surface area contributed by atoms with Crippen molar-refractivity contribution in [1.29, 1.82) is 0 Å². The average Bonchev–Trinajstić information content (AvgIpc) is 2.37. The molecule has 0 radical (unpaired) electrons. The molecule has 20 heavy (non-hydrogen) atoms. The first-order valence-electron chi connectivity index (χ1n) is 5.63. The third kappa shape index (κ3) is 5.30. The minimum absolute atomic E-state index is 0.388. The summed E-state index contributed by atoms with van der Waals surface area (Å²) in [6.07, 6.45) is 1.33. The fourth-order valence-electron chi connectivity index (χ4n) is 1.23. The van der Waals surface area contributed by atoms with Gasteiger partial charge in [-0.1, -0.05) is 12.1 Å². The Balaban J connectivity index is 2.52. The number of carbonyl (C=O) groups is 3. The molecule has 0 saturated carbocycles. The molecule has 0 fully saturated rings. The first kappa shape index (κ1) is 15.4. The lowest BCUT2D eigenvalue weighted by Gasteiger charge is -2.09. The zero-order valence-corrected chi connectivity index (χ0v) is 10.6. The zero-order valence-electron chi connectivity index (χ0n) is 10.6. The molecular weight excluding hydrogens is 267 g/mol. The standard InChI is InChI=1S/C13H13FN2O4/c1-8(12(18)16-13(15)19)20-11(17)7-4-9-2-5-10(14)6-3-9/h2-8H,1H3,(H3,15,16,18,19)/b7-4+/t8-/m0/s1. The molecule has 1 atom stereocenters. The second-order valence-electron chi connectivity index (χ2n) is 3.82. The van der Waals surface area contributed by atoms with Gasteiger partial charge in [0.25, 0.3) is 5.91 Å². The summed E-state index contributed by atoms with van der Waals surface area (Å²) >= 11 is 0. The lowest BCUT2D eigenvalue weighted by Crippen LogP contribution is -2.42. The minimum atomic E-state index is -1.16.